The van der Waals surface area contributed by atoms with Crippen molar-refractivity contribution in [2.75, 3.05) is 26.2 Å². The van der Waals surface area contributed by atoms with Gasteiger partial charge in [0, 0.05) is 11.6 Å². The molecular weight excluding hydrogens is 260 g/mol. The Morgan fingerprint density at radius 3 is 2.74 bits per heavy atom. The molecule has 0 aromatic heterocycles. The van der Waals surface area contributed by atoms with Gasteiger partial charge in [0.15, 0.2) is 0 Å². The highest BCUT2D eigenvalue weighted by Gasteiger charge is 2.03. The van der Waals surface area contributed by atoms with Gasteiger partial charge in [0.05, 0.1) is 0 Å². The Balaban J connectivity index is 2.06. The van der Waals surface area contributed by atoms with Crippen LogP contribution in [0.1, 0.15) is 26.7 Å². The minimum absolute atomic E-state index is 0.141. The van der Waals surface area contributed by atoms with Gasteiger partial charge in [-0.15, -0.1) is 0 Å². The molecule has 2 N–H and O–H groups in total. The summed E-state index contributed by atoms with van der Waals surface area (Å²) in [6, 6.07) is 7.52. The van der Waals surface area contributed by atoms with E-state index in [0.717, 1.165) is 38.3 Å². The number of hydrogen-bond donors (Lipinski definition) is 2. The third-order valence-electron chi connectivity index (χ3n) is 2.70. The molecule has 1 rings (SSSR count). The van der Waals surface area contributed by atoms with E-state index in [1.807, 2.05) is 24.3 Å². The summed E-state index contributed by atoms with van der Waals surface area (Å²) in [5, 5.41) is 7.49. The minimum Gasteiger partial charge on any atom is -0.489 e. The minimum atomic E-state index is 0.141. The van der Waals surface area contributed by atoms with Crippen molar-refractivity contribution >= 4 is 11.6 Å². The van der Waals surface area contributed by atoms with E-state index in [9.17, 15) is 0 Å². The van der Waals surface area contributed by atoms with E-state index in [4.69, 9.17) is 16.3 Å². The van der Waals surface area contributed by atoms with Crippen LogP contribution in [0.25, 0.3) is 0 Å². The zero-order chi connectivity index (χ0) is 13.9. The molecule has 0 radical (unpaired) electrons. The Morgan fingerprint density at radius 1 is 1.21 bits per heavy atom. The molecule has 0 saturated carbocycles. The van der Waals surface area contributed by atoms with E-state index in [0.29, 0.717) is 5.02 Å². The zero-order valence-corrected chi connectivity index (χ0v) is 12.7. The predicted molar refractivity (Wildman–Crippen MR) is 82.2 cm³/mol. The number of hydrogen-bond acceptors (Lipinski definition) is 3. The monoisotopic (exact) mass is 284 g/mol. The van der Waals surface area contributed by atoms with Crippen molar-refractivity contribution in [1.82, 2.24) is 10.6 Å². The van der Waals surface area contributed by atoms with E-state index >= 15 is 0 Å². The summed E-state index contributed by atoms with van der Waals surface area (Å²) in [7, 11) is 0. The molecule has 0 spiro atoms. The van der Waals surface area contributed by atoms with Crippen LogP contribution in [0.2, 0.25) is 5.02 Å². The fourth-order valence-electron chi connectivity index (χ4n) is 1.76. The van der Waals surface area contributed by atoms with Crippen molar-refractivity contribution in [1.29, 1.82) is 0 Å². The van der Waals surface area contributed by atoms with Crippen molar-refractivity contribution in [2.24, 2.45) is 0 Å². The van der Waals surface area contributed by atoms with Gasteiger partial charge in [0.25, 0.3) is 0 Å². The fraction of sp³-hybridized carbons (Fsp3) is 0.600. The second kappa shape index (κ2) is 10.1. The quantitative estimate of drug-likeness (QED) is 0.648. The highest BCUT2D eigenvalue weighted by atomic mass is 35.5. The molecule has 0 saturated heterocycles. The molecule has 3 nitrogen and oxygen atoms in total. The third kappa shape index (κ3) is 8.09. The van der Waals surface area contributed by atoms with E-state index in [2.05, 4.69) is 24.5 Å². The molecule has 0 bridgehead atoms. The predicted octanol–water partition coefficient (Wildman–Crippen LogP) is 3.09. The largest absolute Gasteiger partial charge is 0.489 e. The molecule has 1 unspecified atom stereocenters. The molecule has 0 aliphatic heterocycles. The van der Waals surface area contributed by atoms with Crippen LogP contribution in [-0.2, 0) is 0 Å². The number of halogens is 1. The van der Waals surface area contributed by atoms with Gasteiger partial charge in [-0.05, 0) is 57.6 Å². The topological polar surface area (TPSA) is 33.3 Å². The molecule has 1 atom stereocenters. The van der Waals surface area contributed by atoms with Gasteiger partial charge in [0.1, 0.15) is 11.9 Å². The van der Waals surface area contributed by atoms with Crippen LogP contribution in [-0.4, -0.2) is 32.3 Å². The lowest BCUT2D eigenvalue weighted by molar-refractivity contribution is 0.217. The molecule has 0 fully saturated rings. The van der Waals surface area contributed by atoms with Crippen molar-refractivity contribution in [3.63, 3.8) is 0 Å². The first-order chi connectivity index (χ1) is 9.22. The number of benzene rings is 1. The SMILES string of the molecule is CCCNCCCNCC(C)Oc1cccc(Cl)c1. The van der Waals surface area contributed by atoms with E-state index in [1.165, 1.54) is 6.42 Å². The zero-order valence-electron chi connectivity index (χ0n) is 11.9. The van der Waals surface area contributed by atoms with Gasteiger partial charge in [-0.25, -0.2) is 0 Å². The number of nitrogens with one attached hydrogen (secondary N) is 2. The number of rotatable bonds is 10. The molecular formula is C15H25ClN2O. The van der Waals surface area contributed by atoms with Crippen LogP contribution < -0.4 is 15.4 Å². The highest BCUT2D eigenvalue weighted by Crippen LogP contribution is 2.18. The van der Waals surface area contributed by atoms with Gasteiger partial charge in [-0.1, -0.05) is 24.6 Å². The van der Waals surface area contributed by atoms with E-state index in [-0.39, 0.29) is 6.10 Å². The Hall–Kier alpha value is -0.770. The molecule has 0 aliphatic rings. The van der Waals surface area contributed by atoms with Crippen molar-refractivity contribution in [2.45, 2.75) is 32.8 Å². The summed E-state index contributed by atoms with van der Waals surface area (Å²) in [5.74, 6) is 0.825. The smallest absolute Gasteiger partial charge is 0.121 e. The lowest BCUT2D eigenvalue weighted by Gasteiger charge is -2.15. The second-order valence-corrected chi connectivity index (χ2v) is 5.13. The van der Waals surface area contributed by atoms with Gasteiger partial charge < -0.3 is 15.4 Å². The Labute approximate surface area is 121 Å². The van der Waals surface area contributed by atoms with Crippen molar-refractivity contribution in [3.05, 3.63) is 29.3 Å². The summed E-state index contributed by atoms with van der Waals surface area (Å²) in [4.78, 5) is 0. The van der Waals surface area contributed by atoms with Gasteiger partial charge in [-0.2, -0.15) is 0 Å². The molecule has 0 aliphatic carbocycles. The summed E-state index contributed by atoms with van der Waals surface area (Å²) in [6.07, 6.45) is 2.48. The van der Waals surface area contributed by atoms with Gasteiger partial charge in [-0.3, -0.25) is 0 Å². The highest BCUT2D eigenvalue weighted by molar-refractivity contribution is 6.30. The van der Waals surface area contributed by atoms with Crippen molar-refractivity contribution < 1.29 is 4.74 Å². The summed E-state index contributed by atoms with van der Waals surface area (Å²) >= 11 is 5.91. The average molecular weight is 285 g/mol. The summed E-state index contributed by atoms with van der Waals surface area (Å²) < 4.78 is 5.78. The Morgan fingerprint density at radius 2 is 2.00 bits per heavy atom. The fourth-order valence-corrected chi connectivity index (χ4v) is 1.94. The molecule has 19 heavy (non-hydrogen) atoms. The molecule has 1 aromatic rings. The molecule has 0 amide bonds. The molecule has 108 valence electrons. The van der Waals surface area contributed by atoms with Crippen molar-refractivity contribution in [3.8, 4) is 5.75 Å². The summed E-state index contributed by atoms with van der Waals surface area (Å²) in [6.45, 7) is 8.28. The lowest BCUT2D eigenvalue weighted by atomic mass is 10.3. The second-order valence-electron chi connectivity index (χ2n) is 4.69. The molecule has 4 heteroatoms. The maximum Gasteiger partial charge on any atom is 0.121 e. The number of ether oxygens (including phenoxy) is 1. The average Bonchev–Trinajstić information content (AvgIpc) is 2.37. The van der Waals surface area contributed by atoms with Crippen LogP contribution in [0, 0.1) is 0 Å². The standard InChI is InChI=1S/C15H25ClN2O/c1-3-8-17-9-5-10-18-12-13(2)19-15-7-4-6-14(16)11-15/h4,6-7,11,13,17-18H,3,5,8-10,12H2,1-2H3. The molecule has 1 aromatic carbocycles. The van der Waals surface area contributed by atoms with Gasteiger partial charge >= 0.3 is 0 Å². The lowest BCUT2D eigenvalue weighted by Crippen LogP contribution is -2.31. The van der Waals surface area contributed by atoms with E-state index < -0.39 is 0 Å². The third-order valence-corrected chi connectivity index (χ3v) is 2.93. The summed E-state index contributed by atoms with van der Waals surface area (Å²) in [5.41, 5.74) is 0. The van der Waals surface area contributed by atoms with Gasteiger partial charge in [0.2, 0.25) is 0 Å². The first-order valence-electron chi connectivity index (χ1n) is 7.06. The molecule has 0 heterocycles. The normalized spacial score (nSPS) is 12.4. The van der Waals surface area contributed by atoms with Crippen LogP contribution >= 0.6 is 11.6 Å². The Kier molecular flexibility index (Phi) is 8.63. The first-order valence-corrected chi connectivity index (χ1v) is 7.44. The van der Waals surface area contributed by atoms with Crippen LogP contribution in [0.4, 0.5) is 0 Å². The first kappa shape index (κ1) is 16.3. The maximum atomic E-state index is 5.91. The van der Waals surface area contributed by atoms with Crippen LogP contribution in [0.3, 0.4) is 0 Å². The van der Waals surface area contributed by atoms with Crippen LogP contribution in [0.15, 0.2) is 24.3 Å². The van der Waals surface area contributed by atoms with Crippen LogP contribution in [0.5, 0.6) is 5.75 Å². The van der Waals surface area contributed by atoms with E-state index in [1.54, 1.807) is 0 Å². The Bertz CT molecular complexity index is 347. The maximum absolute atomic E-state index is 5.91.